The van der Waals surface area contributed by atoms with Gasteiger partial charge in [-0.2, -0.15) is 4.98 Å². The summed E-state index contributed by atoms with van der Waals surface area (Å²) in [6.07, 6.45) is 2.27. The normalized spacial score (nSPS) is 19.2. The molecule has 1 aromatic carbocycles. The lowest BCUT2D eigenvalue weighted by Gasteiger charge is -2.33. The van der Waals surface area contributed by atoms with Crippen LogP contribution in [-0.4, -0.2) is 41.3 Å². The minimum Gasteiger partial charge on any atom is -0.378 e. The van der Waals surface area contributed by atoms with E-state index in [9.17, 15) is 4.39 Å². The second-order valence-electron chi connectivity index (χ2n) is 5.90. The van der Waals surface area contributed by atoms with Crippen LogP contribution in [0.3, 0.4) is 0 Å². The Bertz CT molecular complexity index is 659. The zero-order valence-corrected chi connectivity index (χ0v) is 13.6. The fourth-order valence-corrected chi connectivity index (χ4v) is 2.71. The largest absolute Gasteiger partial charge is 0.378 e. The van der Waals surface area contributed by atoms with E-state index >= 15 is 0 Å². The van der Waals surface area contributed by atoms with Crippen LogP contribution in [0.25, 0.3) is 11.4 Å². The van der Waals surface area contributed by atoms with Crippen molar-refractivity contribution in [2.24, 2.45) is 0 Å². The quantitative estimate of drug-likeness (QED) is 0.846. The maximum Gasteiger partial charge on any atom is 0.246 e. The van der Waals surface area contributed by atoms with Crippen LogP contribution in [-0.2, 0) is 4.74 Å². The molecule has 0 radical (unpaired) electrons. The first-order valence-corrected chi connectivity index (χ1v) is 8.11. The topological polar surface area (TPSA) is 51.4 Å². The predicted molar refractivity (Wildman–Crippen MR) is 84.5 cm³/mol. The highest BCUT2D eigenvalue weighted by molar-refractivity contribution is 5.55. The Balaban J connectivity index is 1.80. The smallest absolute Gasteiger partial charge is 0.246 e. The molecule has 2 heterocycles. The van der Waals surface area contributed by atoms with Crippen molar-refractivity contribution in [3.63, 3.8) is 0 Å². The molecule has 1 fully saturated rings. The maximum atomic E-state index is 13.7. The van der Waals surface area contributed by atoms with E-state index in [2.05, 4.69) is 22.0 Å². The fraction of sp³-hybridized carbons (Fsp3) is 0.529. The van der Waals surface area contributed by atoms with Gasteiger partial charge in [0.25, 0.3) is 0 Å². The summed E-state index contributed by atoms with van der Waals surface area (Å²) in [5.41, 5.74) is 1.23. The standard InChI is InChI=1S/C17H22FN3O2/c1-3-4-7-21-8-9-22-11-15(21)17-19-16(20-23-17)13-6-5-12(2)14(18)10-13/h5-6,10,15H,3-4,7-9,11H2,1-2H3/t15-/m0/s1. The molecular weight excluding hydrogens is 297 g/mol. The Morgan fingerprint density at radius 3 is 3.04 bits per heavy atom. The van der Waals surface area contributed by atoms with Gasteiger partial charge >= 0.3 is 0 Å². The molecule has 1 aliphatic heterocycles. The number of aryl methyl sites for hydroxylation is 1. The Morgan fingerprint density at radius 2 is 2.26 bits per heavy atom. The van der Waals surface area contributed by atoms with Crippen LogP contribution >= 0.6 is 0 Å². The highest BCUT2D eigenvalue weighted by Crippen LogP contribution is 2.26. The van der Waals surface area contributed by atoms with Crippen molar-refractivity contribution in [2.75, 3.05) is 26.3 Å². The Labute approximate surface area is 135 Å². The predicted octanol–water partition coefficient (Wildman–Crippen LogP) is 3.36. The summed E-state index contributed by atoms with van der Waals surface area (Å²) in [5.74, 6) is 0.691. The number of nitrogens with zero attached hydrogens (tertiary/aromatic N) is 3. The van der Waals surface area contributed by atoms with Crippen molar-refractivity contribution in [3.05, 3.63) is 35.5 Å². The average molecular weight is 319 g/mol. The molecule has 3 rings (SSSR count). The summed E-state index contributed by atoms with van der Waals surface area (Å²) in [6, 6.07) is 4.94. The van der Waals surface area contributed by atoms with Gasteiger partial charge in [0.15, 0.2) is 0 Å². The zero-order valence-electron chi connectivity index (χ0n) is 13.6. The molecule has 0 N–H and O–H groups in total. The van der Waals surface area contributed by atoms with E-state index < -0.39 is 0 Å². The number of morpholine rings is 1. The van der Waals surface area contributed by atoms with Crippen molar-refractivity contribution in [2.45, 2.75) is 32.7 Å². The third-order valence-electron chi connectivity index (χ3n) is 4.20. The Kier molecular flexibility index (Phi) is 5.03. The first-order valence-electron chi connectivity index (χ1n) is 8.11. The summed E-state index contributed by atoms with van der Waals surface area (Å²) in [4.78, 5) is 6.79. The number of benzene rings is 1. The molecule has 0 saturated carbocycles. The zero-order chi connectivity index (χ0) is 16.2. The molecule has 1 saturated heterocycles. The summed E-state index contributed by atoms with van der Waals surface area (Å²) >= 11 is 0. The molecule has 0 unspecified atom stereocenters. The van der Waals surface area contributed by atoms with E-state index in [0.717, 1.165) is 32.5 Å². The van der Waals surface area contributed by atoms with E-state index in [4.69, 9.17) is 9.26 Å². The van der Waals surface area contributed by atoms with Gasteiger partial charge in [0.1, 0.15) is 11.9 Å². The van der Waals surface area contributed by atoms with Crippen molar-refractivity contribution in [3.8, 4) is 11.4 Å². The first-order chi connectivity index (χ1) is 11.2. The van der Waals surface area contributed by atoms with E-state index in [1.165, 1.54) is 6.07 Å². The molecule has 124 valence electrons. The Hall–Kier alpha value is -1.79. The molecule has 1 atom stereocenters. The minimum atomic E-state index is -0.264. The lowest BCUT2D eigenvalue weighted by atomic mass is 10.1. The molecule has 0 aliphatic carbocycles. The molecule has 0 spiro atoms. The fourth-order valence-electron chi connectivity index (χ4n) is 2.71. The van der Waals surface area contributed by atoms with Gasteiger partial charge in [-0.05, 0) is 31.5 Å². The minimum absolute atomic E-state index is 0.0214. The monoisotopic (exact) mass is 319 g/mol. The van der Waals surface area contributed by atoms with Gasteiger partial charge in [0.2, 0.25) is 11.7 Å². The van der Waals surface area contributed by atoms with Crippen molar-refractivity contribution >= 4 is 0 Å². The van der Waals surface area contributed by atoms with Gasteiger partial charge in [-0.1, -0.05) is 30.6 Å². The third-order valence-corrected chi connectivity index (χ3v) is 4.20. The van der Waals surface area contributed by atoms with E-state index in [-0.39, 0.29) is 11.9 Å². The number of ether oxygens (including phenoxy) is 1. The van der Waals surface area contributed by atoms with E-state index in [1.807, 2.05) is 0 Å². The van der Waals surface area contributed by atoms with Crippen molar-refractivity contribution < 1.29 is 13.7 Å². The Morgan fingerprint density at radius 1 is 1.39 bits per heavy atom. The molecule has 0 amide bonds. The second-order valence-corrected chi connectivity index (χ2v) is 5.90. The molecular formula is C17H22FN3O2. The lowest BCUT2D eigenvalue weighted by Crippen LogP contribution is -2.40. The number of aromatic nitrogens is 2. The van der Waals surface area contributed by atoms with Crippen LogP contribution in [0, 0.1) is 12.7 Å². The van der Waals surface area contributed by atoms with Crippen LogP contribution < -0.4 is 0 Å². The summed E-state index contributed by atoms with van der Waals surface area (Å²) in [6.45, 7) is 7.03. The van der Waals surface area contributed by atoms with Gasteiger partial charge in [-0.3, -0.25) is 4.90 Å². The SMILES string of the molecule is CCCCN1CCOC[C@H]1c1nc(-c2ccc(C)c(F)c2)no1. The second kappa shape index (κ2) is 7.19. The maximum absolute atomic E-state index is 13.7. The van der Waals surface area contributed by atoms with Crippen molar-refractivity contribution in [1.82, 2.24) is 15.0 Å². The van der Waals surface area contributed by atoms with Crippen molar-refractivity contribution in [1.29, 1.82) is 0 Å². The third kappa shape index (κ3) is 3.59. The number of halogens is 1. The van der Waals surface area contributed by atoms with Gasteiger partial charge < -0.3 is 9.26 Å². The number of hydrogen-bond donors (Lipinski definition) is 0. The van der Waals surface area contributed by atoms with E-state index in [1.54, 1.807) is 19.1 Å². The van der Waals surface area contributed by atoms with E-state index in [0.29, 0.717) is 29.4 Å². The van der Waals surface area contributed by atoms with Crippen LogP contribution in [0.4, 0.5) is 4.39 Å². The molecule has 1 aliphatic rings. The molecule has 23 heavy (non-hydrogen) atoms. The van der Waals surface area contributed by atoms with Crippen LogP contribution in [0.1, 0.15) is 37.3 Å². The highest BCUT2D eigenvalue weighted by atomic mass is 19.1. The first kappa shape index (κ1) is 16.1. The summed E-state index contributed by atoms with van der Waals surface area (Å²) in [5, 5.41) is 4.01. The molecule has 1 aromatic heterocycles. The summed E-state index contributed by atoms with van der Waals surface area (Å²) < 4.78 is 24.7. The molecule has 6 heteroatoms. The molecule has 2 aromatic rings. The lowest BCUT2D eigenvalue weighted by molar-refractivity contribution is -0.0203. The molecule has 5 nitrogen and oxygen atoms in total. The number of hydrogen-bond acceptors (Lipinski definition) is 5. The summed E-state index contributed by atoms with van der Waals surface area (Å²) in [7, 11) is 0. The van der Waals surface area contributed by atoms with Gasteiger partial charge in [0, 0.05) is 12.1 Å². The number of unbranched alkanes of at least 4 members (excludes halogenated alkanes) is 1. The van der Waals surface area contributed by atoms with Gasteiger partial charge in [-0.15, -0.1) is 0 Å². The van der Waals surface area contributed by atoms with Crippen LogP contribution in [0.15, 0.2) is 22.7 Å². The highest BCUT2D eigenvalue weighted by Gasteiger charge is 2.29. The average Bonchev–Trinajstić information content (AvgIpc) is 3.05. The van der Waals surface area contributed by atoms with Crippen LogP contribution in [0.5, 0.6) is 0 Å². The van der Waals surface area contributed by atoms with Gasteiger partial charge in [0.05, 0.1) is 13.2 Å². The van der Waals surface area contributed by atoms with Crippen LogP contribution in [0.2, 0.25) is 0 Å². The van der Waals surface area contributed by atoms with Gasteiger partial charge in [-0.25, -0.2) is 4.39 Å². The molecule has 0 bridgehead atoms. The number of rotatable bonds is 5.